The molecule has 3 aromatic rings. The Bertz CT molecular complexity index is 926. The molecule has 0 fully saturated rings. The molecule has 0 atom stereocenters. The van der Waals surface area contributed by atoms with Crippen molar-refractivity contribution in [2.45, 2.75) is 20.3 Å². The van der Waals surface area contributed by atoms with Gasteiger partial charge in [0.15, 0.2) is 0 Å². The van der Waals surface area contributed by atoms with E-state index in [9.17, 15) is 14.9 Å². The molecule has 0 aliphatic heterocycles. The third kappa shape index (κ3) is 3.12. The molecule has 3 rings (SSSR count). The summed E-state index contributed by atoms with van der Waals surface area (Å²) in [6.45, 7) is 4.03. The average molecular weight is 324 g/mol. The molecular weight excluding hydrogens is 308 g/mol. The number of furan rings is 1. The first-order chi connectivity index (χ1) is 11.4. The fourth-order valence-corrected chi connectivity index (χ4v) is 2.52. The maximum atomic E-state index is 12.2. The molecule has 2 aromatic carbocycles. The number of rotatable bonds is 4. The van der Waals surface area contributed by atoms with Gasteiger partial charge in [-0.3, -0.25) is 14.9 Å². The summed E-state index contributed by atoms with van der Waals surface area (Å²) in [5, 5.41) is 14.3. The monoisotopic (exact) mass is 324 g/mol. The Hall–Kier alpha value is -3.15. The Morgan fingerprint density at radius 2 is 1.83 bits per heavy atom. The lowest BCUT2D eigenvalue weighted by Gasteiger charge is -2.05. The van der Waals surface area contributed by atoms with Crippen LogP contribution in [0, 0.1) is 24.0 Å². The standard InChI is InChI=1S/C18H16N2O4/c1-11-7-16-13(10-24-17(16)8-12(11)2)9-18(21)19-14-3-5-15(6-4-14)20(22)23/h3-8,10H,9H2,1-2H3,(H,19,21). The third-order valence-electron chi connectivity index (χ3n) is 3.98. The van der Waals surface area contributed by atoms with E-state index in [2.05, 4.69) is 5.32 Å². The highest BCUT2D eigenvalue weighted by Gasteiger charge is 2.12. The number of carbonyl (C=O) groups is 1. The molecule has 6 heteroatoms. The van der Waals surface area contributed by atoms with E-state index in [1.807, 2.05) is 26.0 Å². The Morgan fingerprint density at radius 3 is 2.50 bits per heavy atom. The largest absolute Gasteiger partial charge is 0.464 e. The lowest BCUT2D eigenvalue weighted by Crippen LogP contribution is -2.14. The summed E-state index contributed by atoms with van der Waals surface area (Å²) in [7, 11) is 0. The highest BCUT2D eigenvalue weighted by molar-refractivity contribution is 5.95. The topological polar surface area (TPSA) is 85.4 Å². The van der Waals surface area contributed by atoms with Crippen LogP contribution in [0.5, 0.6) is 0 Å². The summed E-state index contributed by atoms with van der Waals surface area (Å²) >= 11 is 0. The molecule has 0 saturated carbocycles. The van der Waals surface area contributed by atoms with Gasteiger partial charge in [0, 0.05) is 28.8 Å². The van der Waals surface area contributed by atoms with Crippen LogP contribution in [-0.2, 0) is 11.2 Å². The number of nitrogens with one attached hydrogen (secondary N) is 1. The van der Waals surface area contributed by atoms with Gasteiger partial charge in [0.1, 0.15) is 5.58 Å². The van der Waals surface area contributed by atoms with Crippen molar-refractivity contribution < 1.29 is 14.1 Å². The molecule has 1 N–H and O–H groups in total. The lowest BCUT2D eigenvalue weighted by molar-refractivity contribution is -0.384. The summed E-state index contributed by atoms with van der Waals surface area (Å²) in [5.41, 5.74) is 4.36. The molecule has 6 nitrogen and oxygen atoms in total. The first kappa shape index (κ1) is 15.7. The number of hydrogen-bond acceptors (Lipinski definition) is 4. The number of nitro benzene ring substituents is 1. The molecule has 1 aromatic heterocycles. The van der Waals surface area contributed by atoms with Crippen molar-refractivity contribution in [3.8, 4) is 0 Å². The Morgan fingerprint density at radius 1 is 1.17 bits per heavy atom. The molecule has 1 amide bonds. The van der Waals surface area contributed by atoms with Gasteiger partial charge in [-0.2, -0.15) is 0 Å². The number of nitrogens with zero attached hydrogens (tertiary/aromatic N) is 1. The second-order valence-electron chi connectivity index (χ2n) is 5.72. The zero-order chi connectivity index (χ0) is 17.3. The first-order valence-corrected chi connectivity index (χ1v) is 7.45. The SMILES string of the molecule is Cc1cc2occ(CC(=O)Nc3ccc([N+](=O)[O-])cc3)c2cc1C. The van der Waals surface area contributed by atoms with Crippen molar-refractivity contribution in [3.05, 3.63) is 69.5 Å². The molecule has 0 bridgehead atoms. The van der Waals surface area contributed by atoms with Gasteiger partial charge in [-0.25, -0.2) is 0 Å². The van der Waals surface area contributed by atoms with Crippen LogP contribution >= 0.6 is 0 Å². The second kappa shape index (κ2) is 6.16. The quantitative estimate of drug-likeness (QED) is 0.577. The fourth-order valence-electron chi connectivity index (χ4n) is 2.52. The molecule has 24 heavy (non-hydrogen) atoms. The van der Waals surface area contributed by atoms with Crippen molar-refractivity contribution in [2.75, 3.05) is 5.32 Å². The van der Waals surface area contributed by atoms with E-state index in [1.54, 1.807) is 6.26 Å². The van der Waals surface area contributed by atoms with E-state index in [4.69, 9.17) is 4.42 Å². The van der Waals surface area contributed by atoms with E-state index in [0.29, 0.717) is 5.69 Å². The highest BCUT2D eigenvalue weighted by atomic mass is 16.6. The highest BCUT2D eigenvalue weighted by Crippen LogP contribution is 2.25. The number of aryl methyl sites for hydroxylation is 2. The van der Waals surface area contributed by atoms with Crippen LogP contribution in [0.25, 0.3) is 11.0 Å². The predicted molar refractivity (Wildman–Crippen MR) is 91.1 cm³/mol. The number of hydrogen-bond donors (Lipinski definition) is 1. The zero-order valence-corrected chi connectivity index (χ0v) is 13.3. The molecule has 0 radical (unpaired) electrons. The summed E-state index contributed by atoms with van der Waals surface area (Å²) in [5.74, 6) is -0.204. The zero-order valence-electron chi connectivity index (χ0n) is 13.3. The van der Waals surface area contributed by atoms with Gasteiger partial charge in [0.2, 0.25) is 5.91 Å². The molecule has 0 spiro atoms. The van der Waals surface area contributed by atoms with Gasteiger partial charge in [-0.15, -0.1) is 0 Å². The van der Waals surface area contributed by atoms with E-state index in [1.165, 1.54) is 24.3 Å². The molecule has 0 unspecified atom stereocenters. The summed E-state index contributed by atoms with van der Waals surface area (Å²) < 4.78 is 5.52. The number of fused-ring (bicyclic) bond motifs is 1. The smallest absolute Gasteiger partial charge is 0.269 e. The van der Waals surface area contributed by atoms with E-state index in [-0.39, 0.29) is 18.0 Å². The molecule has 0 saturated heterocycles. The van der Waals surface area contributed by atoms with Crippen LogP contribution in [0.4, 0.5) is 11.4 Å². The van der Waals surface area contributed by atoms with E-state index < -0.39 is 4.92 Å². The van der Waals surface area contributed by atoms with E-state index >= 15 is 0 Å². The van der Waals surface area contributed by atoms with Crippen molar-refractivity contribution in [3.63, 3.8) is 0 Å². The number of carbonyl (C=O) groups excluding carboxylic acids is 1. The van der Waals surface area contributed by atoms with Crippen LogP contribution in [0.2, 0.25) is 0 Å². The lowest BCUT2D eigenvalue weighted by atomic mass is 10.0. The first-order valence-electron chi connectivity index (χ1n) is 7.45. The van der Waals surface area contributed by atoms with Crippen LogP contribution in [0.3, 0.4) is 0 Å². The predicted octanol–water partition coefficient (Wildman–Crippen LogP) is 4.14. The van der Waals surface area contributed by atoms with Crippen LogP contribution in [-0.4, -0.2) is 10.8 Å². The minimum absolute atomic E-state index is 0.0142. The van der Waals surface area contributed by atoms with Crippen molar-refractivity contribution in [1.29, 1.82) is 0 Å². The van der Waals surface area contributed by atoms with Crippen LogP contribution in [0.1, 0.15) is 16.7 Å². The second-order valence-corrected chi connectivity index (χ2v) is 5.72. The average Bonchev–Trinajstić information content (AvgIpc) is 2.90. The Balaban J connectivity index is 1.75. The molecule has 0 aliphatic rings. The van der Waals surface area contributed by atoms with Gasteiger partial charge in [0.25, 0.3) is 5.69 Å². The number of anilines is 1. The molecule has 1 heterocycles. The van der Waals surface area contributed by atoms with Gasteiger partial charge >= 0.3 is 0 Å². The summed E-state index contributed by atoms with van der Waals surface area (Å²) in [6.07, 6.45) is 1.77. The molecule has 0 aliphatic carbocycles. The molecular formula is C18H16N2O4. The molecule has 122 valence electrons. The van der Waals surface area contributed by atoms with Gasteiger partial charge < -0.3 is 9.73 Å². The van der Waals surface area contributed by atoms with Crippen molar-refractivity contribution >= 4 is 28.3 Å². The van der Waals surface area contributed by atoms with Gasteiger partial charge in [0.05, 0.1) is 17.6 Å². The number of nitro groups is 1. The maximum absolute atomic E-state index is 12.2. The minimum Gasteiger partial charge on any atom is -0.464 e. The third-order valence-corrected chi connectivity index (χ3v) is 3.98. The summed E-state index contributed by atoms with van der Waals surface area (Å²) in [6, 6.07) is 9.71. The van der Waals surface area contributed by atoms with Crippen molar-refractivity contribution in [1.82, 2.24) is 0 Å². The van der Waals surface area contributed by atoms with Crippen LogP contribution in [0.15, 0.2) is 47.1 Å². The number of amides is 1. The Labute approximate surface area is 138 Å². The normalized spacial score (nSPS) is 10.8. The van der Waals surface area contributed by atoms with Crippen molar-refractivity contribution in [2.24, 2.45) is 0 Å². The number of benzene rings is 2. The van der Waals surface area contributed by atoms with Gasteiger partial charge in [-0.1, -0.05) is 0 Å². The van der Waals surface area contributed by atoms with E-state index in [0.717, 1.165) is 27.7 Å². The maximum Gasteiger partial charge on any atom is 0.269 e. The van der Waals surface area contributed by atoms with Gasteiger partial charge in [-0.05, 0) is 49.2 Å². The number of non-ortho nitro benzene ring substituents is 1. The fraction of sp³-hybridized carbons (Fsp3) is 0.167. The minimum atomic E-state index is -0.479. The van der Waals surface area contributed by atoms with Crippen LogP contribution < -0.4 is 5.32 Å². The Kier molecular flexibility index (Phi) is 4.04. The summed E-state index contributed by atoms with van der Waals surface area (Å²) in [4.78, 5) is 22.4.